The molecule has 1 aliphatic heterocycles. The van der Waals surface area contributed by atoms with E-state index in [0.717, 1.165) is 34.6 Å². The van der Waals surface area contributed by atoms with Crippen LogP contribution in [0.4, 0.5) is 20.2 Å². The third kappa shape index (κ3) is 5.72. The van der Waals surface area contributed by atoms with Crippen LogP contribution in [0.3, 0.4) is 0 Å². The predicted octanol–water partition coefficient (Wildman–Crippen LogP) is 6.06. The Bertz CT molecular complexity index is 1280. The molecular formula is C28H27F2NO4. The second kappa shape index (κ2) is 10.5. The highest BCUT2D eigenvalue weighted by Crippen LogP contribution is 2.46. The summed E-state index contributed by atoms with van der Waals surface area (Å²) in [6.45, 7) is 6.44. The number of fused-ring (bicyclic) bond motifs is 1. The van der Waals surface area contributed by atoms with E-state index in [1.54, 1.807) is 6.07 Å². The van der Waals surface area contributed by atoms with Crippen molar-refractivity contribution in [3.05, 3.63) is 77.4 Å². The summed E-state index contributed by atoms with van der Waals surface area (Å²) in [7, 11) is 1.44. The summed E-state index contributed by atoms with van der Waals surface area (Å²) in [5, 5.41) is 8.82. The number of anilines is 2. The Morgan fingerprint density at radius 2 is 1.86 bits per heavy atom. The molecule has 0 bridgehead atoms. The Hall–Kier alpha value is -4.05. The molecule has 182 valence electrons. The van der Waals surface area contributed by atoms with Crippen LogP contribution in [-0.4, -0.2) is 31.3 Å². The highest BCUT2D eigenvalue weighted by molar-refractivity contribution is 5.78. The normalized spacial score (nSPS) is 13.2. The number of rotatable bonds is 5. The molecule has 1 heterocycles. The first kappa shape index (κ1) is 25.6. The third-order valence-electron chi connectivity index (χ3n) is 5.75. The van der Waals surface area contributed by atoms with Crippen LogP contribution in [0.15, 0.2) is 54.6 Å². The van der Waals surface area contributed by atoms with Gasteiger partial charge in [0.2, 0.25) is 0 Å². The molecule has 0 amide bonds. The highest BCUT2D eigenvalue weighted by Gasteiger charge is 2.36. The number of halogens is 2. The molecule has 0 spiro atoms. The van der Waals surface area contributed by atoms with Crippen LogP contribution in [-0.2, 0) is 14.9 Å². The molecule has 3 aromatic rings. The van der Waals surface area contributed by atoms with E-state index in [9.17, 15) is 13.6 Å². The van der Waals surface area contributed by atoms with Gasteiger partial charge in [-0.05, 0) is 72.1 Å². The summed E-state index contributed by atoms with van der Waals surface area (Å²) < 4.78 is 37.4. The molecule has 0 aromatic heterocycles. The molecule has 0 unspecified atom stereocenters. The number of nitrogens with zero attached hydrogens (tertiary/aromatic N) is 1. The fraction of sp³-hybridized carbons (Fsp3) is 0.250. The summed E-state index contributed by atoms with van der Waals surface area (Å²) in [6, 6.07) is 14.8. The maximum Gasteiger partial charge on any atom is 0.341 e. The van der Waals surface area contributed by atoms with Gasteiger partial charge in [0.15, 0.2) is 6.61 Å². The lowest BCUT2D eigenvalue weighted by Crippen LogP contribution is -2.25. The molecule has 7 heteroatoms. The van der Waals surface area contributed by atoms with E-state index in [4.69, 9.17) is 9.84 Å². The number of carboxylic acid groups (broad SMARTS) is 1. The van der Waals surface area contributed by atoms with Gasteiger partial charge in [-0.25, -0.2) is 13.6 Å². The van der Waals surface area contributed by atoms with Crippen LogP contribution in [0, 0.1) is 31.1 Å². The smallest absolute Gasteiger partial charge is 0.341 e. The molecule has 1 N–H and O–H groups in total. The molecule has 5 nitrogen and oxygen atoms in total. The fourth-order valence-electron chi connectivity index (χ4n) is 4.10. The minimum absolute atomic E-state index is 0.207. The van der Waals surface area contributed by atoms with E-state index < -0.39 is 17.6 Å². The Morgan fingerprint density at radius 1 is 1.14 bits per heavy atom. The first-order valence-corrected chi connectivity index (χ1v) is 10.9. The first-order chi connectivity index (χ1) is 16.6. The summed E-state index contributed by atoms with van der Waals surface area (Å²) in [4.78, 5) is 12.9. The van der Waals surface area contributed by atoms with Gasteiger partial charge in [-0.2, -0.15) is 0 Å². The molecule has 3 aromatic carbocycles. The summed E-state index contributed by atoms with van der Waals surface area (Å²) in [5.41, 5.74) is 4.52. The lowest BCUT2D eigenvalue weighted by Gasteiger charge is -2.23. The van der Waals surface area contributed by atoms with Gasteiger partial charge in [0, 0.05) is 28.9 Å². The van der Waals surface area contributed by atoms with Crippen LogP contribution in [0.25, 0.3) is 11.1 Å². The van der Waals surface area contributed by atoms with Crippen LogP contribution in [0.5, 0.6) is 5.75 Å². The zero-order chi connectivity index (χ0) is 25.8. The van der Waals surface area contributed by atoms with Crippen LogP contribution in [0.1, 0.15) is 25.0 Å². The van der Waals surface area contributed by atoms with Gasteiger partial charge < -0.3 is 19.5 Å². The SMILES string of the molecule is C#COC.Cc1cc(N2CC(C)(C)c3cc(-c4cc(F)ccc4F)ccc32)ccc1OCC(=O)O. The zero-order valence-electron chi connectivity index (χ0n) is 20.1. The highest BCUT2D eigenvalue weighted by atomic mass is 19.1. The molecule has 0 atom stereocenters. The van der Waals surface area contributed by atoms with Crippen molar-refractivity contribution in [3.63, 3.8) is 0 Å². The second-order valence-corrected chi connectivity index (χ2v) is 8.78. The maximum atomic E-state index is 14.3. The Labute approximate surface area is 203 Å². The second-order valence-electron chi connectivity index (χ2n) is 8.78. The molecule has 0 radical (unpaired) electrons. The number of methoxy groups -OCH3 is 1. The average Bonchev–Trinajstić information content (AvgIpc) is 3.10. The molecule has 0 fully saturated rings. The summed E-state index contributed by atoms with van der Waals surface area (Å²) >= 11 is 0. The number of aliphatic carboxylic acids is 1. The van der Waals surface area contributed by atoms with E-state index >= 15 is 0 Å². The Balaban J connectivity index is 0.000000795. The van der Waals surface area contributed by atoms with Crippen molar-refractivity contribution >= 4 is 17.3 Å². The molecule has 4 rings (SSSR count). The predicted molar refractivity (Wildman–Crippen MR) is 132 cm³/mol. The quantitative estimate of drug-likeness (QED) is 0.451. The van der Waals surface area contributed by atoms with Gasteiger partial charge in [0.05, 0.1) is 7.11 Å². The first-order valence-electron chi connectivity index (χ1n) is 10.9. The average molecular weight is 480 g/mol. The third-order valence-corrected chi connectivity index (χ3v) is 5.75. The topological polar surface area (TPSA) is 59.0 Å². The number of ether oxygens (including phenoxy) is 2. The van der Waals surface area contributed by atoms with Crippen molar-refractivity contribution < 1.29 is 28.2 Å². The number of terminal acetylenes is 1. The summed E-state index contributed by atoms with van der Waals surface area (Å²) in [6.07, 6.45) is 6.49. The molecule has 35 heavy (non-hydrogen) atoms. The Kier molecular flexibility index (Phi) is 7.65. The molecule has 0 aliphatic carbocycles. The minimum atomic E-state index is -1.02. The molecular weight excluding hydrogens is 452 g/mol. The minimum Gasteiger partial charge on any atom is -0.482 e. The zero-order valence-corrected chi connectivity index (χ0v) is 20.1. The Morgan fingerprint density at radius 3 is 2.49 bits per heavy atom. The molecule has 1 aliphatic rings. The number of aryl methyl sites for hydroxylation is 1. The van der Waals surface area contributed by atoms with Gasteiger partial charge in [0.1, 0.15) is 23.5 Å². The molecule has 0 saturated carbocycles. The van der Waals surface area contributed by atoms with Crippen molar-refractivity contribution in [2.24, 2.45) is 0 Å². The van der Waals surface area contributed by atoms with Gasteiger partial charge in [-0.3, -0.25) is 0 Å². The number of benzene rings is 3. The van der Waals surface area contributed by atoms with Gasteiger partial charge in [-0.15, -0.1) is 0 Å². The van der Waals surface area contributed by atoms with Gasteiger partial charge in [-0.1, -0.05) is 26.3 Å². The summed E-state index contributed by atoms with van der Waals surface area (Å²) in [5.74, 6) is -1.42. The van der Waals surface area contributed by atoms with Crippen molar-refractivity contribution in [2.45, 2.75) is 26.2 Å². The van der Waals surface area contributed by atoms with E-state index in [2.05, 4.69) is 29.9 Å². The van der Waals surface area contributed by atoms with Crippen molar-refractivity contribution in [1.29, 1.82) is 0 Å². The lowest BCUT2D eigenvalue weighted by atomic mass is 9.85. The van der Waals surface area contributed by atoms with Crippen LogP contribution < -0.4 is 9.64 Å². The van der Waals surface area contributed by atoms with E-state index in [1.165, 1.54) is 13.2 Å². The van der Waals surface area contributed by atoms with Gasteiger partial charge >= 0.3 is 5.97 Å². The monoisotopic (exact) mass is 479 g/mol. The number of hydrogen-bond acceptors (Lipinski definition) is 4. The number of hydrogen-bond donors (Lipinski definition) is 1. The van der Waals surface area contributed by atoms with E-state index in [-0.39, 0.29) is 17.6 Å². The van der Waals surface area contributed by atoms with Gasteiger partial charge in [0.25, 0.3) is 0 Å². The number of carboxylic acids is 1. The van der Waals surface area contributed by atoms with Crippen LogP contribution >= 0.6 is 0 Å². The van der Waals surface area contributed by atoms with E-state index in [1.807, 2.05) is 43.4 Å². The fourth-order valence-corrected chi connectivity index (χ4v) is 4.10. The molecule has 0 saturated heterocycles. The van der Waals surface area contributed by atoms with Crippen molar-refractivity contribution in [1.82, 2.24) is 0 Å². The van der Waals surface area contributed by atoms with Crippen LogP contribution in [0.2, 0.25) is 0 Å². The largest absolute Gasteiger partial charge is 0.482 e. The lowest BCUT2D eigenvalue weighted by molar-refractivity contribution is -0.139. The van der Waals surface area contributed by atoms with Crippen molar-refractivity contribution in [3.8, 4) is 29.4 Å². The van der Waals surface area contributed by atoms with E-state index in [0.29, 0.717) is 17.9 Å². The standard InChI is InChI=1S/C25H23F2NO3.C3H4O/c1-15-10-18(6-9-23(15)31-13-24(29)30)28-14-25(2,3)20-11-16(4-8-22(20)28)19-12-17(26)5-7-21(19)27;1-3-4-2/h4-12H,13-14H2,1-3H3,(H,29,30);1H,2H3. The maximum absolute atomic E-state index is 14.3. The number of carbonyl (C=O) groups is 1. The van der Waals surface area contributed by atoms with Crippen molar-refractivity contribution in [2.75, 3.05) is 25.2 Å².